The fraction of sp³-hybridized carbons (Fsp3) is 0.0769. The van der Waals surface area contributed by atoms with Gasteiger partial charge in [0, 0.05) is 12.3 Å². The Morgan fingerprint density at radius 2 is 2.10 bits per heavy atom. The maximum atomic E-state index is 9.56. The summed E-state index contributed by atoms with van der Waals surface area (Å²) in [5.41, 5.74) is 1.28. The molecule has 2 heterocycles. The first-order chi connectivity index (χ1) is 9.78. The van der Waals surface area contributed by atoms with Crippen molar-refractivity contribution in [1.82, 2.24) is 25.2 Å². The topological polar surface area (TPSA) is 86.0 Å². The Balaban J connectivity index is 1.98. The fourth-order valence-corrected chi connectivity index (χ4v) is 1.71. The molecule has 0 bridgehead atoms. The highest BCUT2D eigenvalue weighted by Gasteiger charge is 2.10. The summed E-state index contributed by atoms with van der Waals surface area (Å²) >= 11 is 0. The van der Waals surface area contributed by atoms with E-state index in [1.807, 2.05) is 12.1 Å². The predicted octanol–water partition coefficient (Wildman–Crippen LogP) is 1.44. The van der Waals surface area contributed by atoms with Gasteiger partial charge in [0.2, 0.25) is 5.82 Å². The number of tetrazole rings is 1. The number of pyridine rings is 1. The van der Waals surface area contributed by atoms with Gasteiger partial charge < -0.3 is 9.84 Å². The molecule has 0 spiro atoms. The van der Waals surface area contributed by atoms with Crippen molar-refractivity contribution in [1.29, 1.82) is 0 Å². The molecule has 3 rings (SSSR count). The zero-order chi connectivity index (χ0) is 13.9. The highest BCUT2D eigenvalue weighted by molar-refractivity contribution is 5.49. The van der Waals surface area contributed by atoms with Gasteiger partial charge in [-0.2, -0.15) is 0 Å². The molecule has 0 aliphatic rings. The van der Waals surface area contributed by atoms with E-state index in [0.29, 0.717) is 23.0 Å². The van der Waals surface area contributed by atoms with E-state index in [4.69, 9.17) is 4.74 Å². The molecule has 0 fully saturated rings. The first-order valence-corrected chi connectivity index (χ1v) is 5.87. The molecule has 20 heavy (non-hydrogen) atoms. The molecule has 7 heteroatoms. The Kier molecular flexibility index (Phi) is 3.00. The number of nitrogens with zero attached hydrogens (tertiary/aromatic N) is 5. The number of aromatic nitrogens is 5. The van der Waals surface area contributed by atoms with Crippen LogP contribution in [0.1, 0.15) is 0 Å². The molecule has 2 aromatic heterocycles. The van der Waals surface area contributed by atoms with Crippen LogP contribution in [0.15, 0.2) is 42.6 Å². The van der Waals surface area contributed by atoms with Crippen molar-refractivity contribution < 1.29 is 9.84 Å². The van der Waals surface area contributed by atoms with E-state index in [9.17, 15) is 5.11 Å². The lowest BCUT2D eigenvalue weighted by Crippen LogP contribution is -1.99. The Labute approximate surface area is 114 Å². The van der Waals surface area contributed by atoms with E-state index in [0.717, 1.165) is 0 Å². The summed E-state index contributed by atoms with van der Waals surface area (Å²) < 4.78 is 5.05. The smallest absolute Gasteiger partial charge is 0.223 e. The molecule has 0 radical (unpaired) electrons. The van der Waals surface area contributed by atoms with Gasteiger partial charge in [-0.1, -0.05) is 6.07 Å². The molecule has 1 aromatic carbocycles. The molecular weight excluding hydrogens is 258 g/mol. The average Bonchev–Trinajstić information content (AvgIpc) is 2.98. The third-order valence-corrected chi connectivity index (χ3v) is 2.70. The highest BCUT2D eigenvalue weighted by Crippen LogP contribution is 2.27. The summed E-state index contributed by atoms with van der Waals surface area (Å²) in [5.74, 6) is 0.832. The molecule has 0 aliphatic carbocycles. The molecule has 1 N–H and O–H groups in total. The van der Waals surface area contributed by atoms with Crippen LogP contribution in [0.2, 0.25) is 0 Å². The van der Waals surface area contributed by atoms with E-state index >= 15 is 0 Å². The fourth-order valence-electron chi connectivity index (χ4n) is 1.71. The number of hydrogen-bond acceptors (Lipinski definition) is 6. The zero-order valence-electron chi connectivity index (χ0n) is 10.6. The standard InChI is InChI=1S/C13H11N5O2/c1-20-12-8-9(5-6-11(12)19)18-16-13(15-17-18)10-4-2-3-7-14-10/h2-8,19H,1H3. The Morgan fingerprint density at radius 1 is 1.20 bits per heavy atom. The van der Waals surface area contributed by atoms with Gasteiger partial charge in [0.15, 0.2) is 11.5 Å². The van der Waals surface area contributed by atoms with Gasteiger partial charge in [-0.3, -0.25) is 4.98 Å². The maximum Gasteiger partial charge on any atom is 0.223 e. The Morgan fingerprint density at radius 3 is 2.85 bits per heavy atom. The van der Waals surface area contributed by atoms with Crippen molar-refractivity contribution in [3.63, 3.8) is 0 Å². The summed E-state index contributed by atoms with van der Waals surface area (Å²) in [7, 11) is 1.48. The van der Waals surface area contributed by atoms with Gasteiger partial charge in [0.1, 0.15) is 5.69 Å². The quantitative estimate of drug-likeness (QED) is 0.774. The van der Waals surface area contributed by atoms with E-state index in [2.05, 4.69) is 20.4 Å². The molecule has 7 nitrogen and oxygen atoms in total. The summed E-state index contributed by atoms with van der Waals surface area (Å²) in [6.07, 6.45) is 1.67. The minimum atomic E-state index is 0.0568. The third kappa shape index (κ3) is 2.16. The van der Waals surface area contributed by atoms with Crippen molar-refractivity contribution in [3.8, 4) is 28.7 Å². The van der Waals surface area contributed by atoms with Crippen LogP contribution in [0, 0.1) is 0 Å². The van der Waals surface area contributed by atoms with Crippen molar-refractivity contribution in [2.75, 3.05) is 7.11 Å². The zero-order valence-corrected chi connectivity index (χ0v) is 10.6. The molecule has 0 saturated carbocycles. The minimum Gasteiger partial charge on any atom is -0.504 e. The van der Waals surface area contributed by atoms with Gasteiger partial charge in [0.25, 0.3) is 0 Å². The van der Waals surface area contributed by atoms with Gasteiger partial charge in [-0.25, -0.2) is 0 Å². The van der Waals surface area contributed by atoms with Gasteiger partial charge in [-0.15, -0.1) is 15.0 Å². The molecule has 100 valence electrons. The predicted molar refractivity (Wildman–Crippen MR) is 70.6 cm³/mol. The summed E-state index contributed by atoms with van der Waals surface area (Å²) in [6.45, 7) is 0. The number of rotatable bonds is 3. The molecule has 0 saturated heterocycles. The van der Waals surface area contributed by atoms with E-state index in [1.54, 1.807) is 24.4 Å². The van der Waals surface area contributed by atoms with Gasteiger partial charge >= 0.3 is 0 Å². The molecule has 0 atom stereocenters. The van der Waals surface area contributed by atoms with Crippen LogP contribution < -0.4 is 4.74 Å². The second-order valence-electron chi connectivity index (χ2n) is 3.97. The minimum absolute atomic E-state index is 0.0568. The van der Waals surface area contributed by atoms with Crippen LogP contribution in [-0.2, 0) is 0 Å². The number of aromatic hydroxyl groups is 1. The molecule has 0 amide bonds. The van der Waals surface area contributed by atoms with Crippen molar-refractivity contribution in [2.24, 2.45) is 0 Å². The Bertz CT molecular complexity index is 727. The lowest BCUT2D eigenvalue weighted by Gasteiger charge is -2.04. The number of phenolic OH excluding ortho intramolecular Hbond substituents is 1. The third-order valence-electron chi connectivity index (χ3n) is 2.70. The van der Waals surface area contributed by atoms with Crippen LogP contribution in [0.3, 0.4) is 0 Å². The summed E-state index contributed by atoms with van der Waals surface area (Å²) in [5, 5.41) is 21.7. The van der Waals surface area contributed by atoms with E-state index < -0.39 is 0 Å². The van der Waals surface area contributed by atoms with Crippen LogP contribution >= 0.6 is 0 Å². The first kappa shape index (κ1) is 12.1. The van der Waals surface area contributed by atoms with Gasteiger partial charge in [0.05, 0.1) is 12.8 Å². The lowest BCUT2D eigenvalue weighted by atomic mass is 10.3. The molecule has 0 unspecified atom stereocenters. The second kappa shape index (κ2) is 4.96. The number of phenols is 1. The summed E-state index contributed by atoms with van der Waals surface area (Å²) in [6, 6.07) is 10.3. The van der Waals surface area contributed by atoms with E-state index in [1.165, 1.54) is 18.0 Å². The second-order valence-corrected chi connectivity index (χ2v) is 3.97. The maximum absolute atomic E-state index is 9.56. The monoisotopic (exact) mass is 269 g/mol. The van der Waals surface area contributed by atoms with Crippen molar-refractivity contribution in [2.45, 2.75) is 0 Å². The summed E-state index contributed by atoms with van der Waals surface area (Å²) in [4.78, 5) is 5.51. The normalized spacial score (nSPS) is 10.4. The Hall–Kier alpha value is -2.96. The van der Waals surface area contributed by atoms with Crippen LogP contribution in [-0.4, -0.2) is 37.4 Å². The molecule has 0 aliphatic heterocycles. The average molecular weight is 269 g/mol. The number of benzene rings is 1. The van der Waals surface area contributed by atoms with Crippen molar-refractivity contribution >= 4 is 0 Å². The lowest BCUT2D eigenvalue weighted by molar-refractivity contribution is 0.373. The first-order valence-electron chi connectivity index (χ1n) is 5.87. The number of ether oxygens (including phenoxy) is 1. The SMILES string of the molecule is COc1cc(-n2nnc(-c3ccccn3)n2)ccc1O. The van der Waals surface area contributed by atoms with Crippen LogP contribution in [0.5, 0.6) is 11.5 Å². The van der Waals surface area contributed by atoms with Crippen LogP contribution in [0.4, 0.5) is 0 Å². The van der Waals surface area contributed by atoms with Gasteiger partial charge in [-0.05, 0) is 29.5 Å². The van der Waals surface area contributed by atoms with Crippen LogP contribution in [0.25, 0.3) is 17.2 Å². The number of hydrogen-bond donors (Lipinski definition) is 1. The largest absolute Gasteiger partial charge is 0.504 e. The molecule has 3 aromatic rings. The molecular formula is C13H11N5O2. The number of methoxy groups -OCH3 is 1. The highest BCUT2D eigenvalue weighted by atomic mass is 16.5. The van der Waals surface area contributed by atoms with E-state index in [-0.39, 0.29) is 5.75 Å². The van der Waals surface area contributed by atoms with Crippen molar-refractivity contribution in [3.05, 3.63) is 42.6 Å².